The fourth-order valence-corrected chi connectivity index (χ4v) is 3.50. The Hall–Kier alpha value is -0.890. The lowest BCUT2D eigenvalue weighted by Crippen LogP contribution is -2.48. The Kier molecular flexibility index (Phi) is 9.67. The molecule has 1 N–H and O–H groups in total. The molecule has 2 saturated heterocycles. The molecule has 0 amide bonds. The van der Waals surface area contributed by atoms with Gasteiger partial charge >= 0.3 is 0 Å². The lowest BCUT2D eigenvalue weighted by Gasteiger charge is -2.37. The van der Waals surface area contributed by atoms with Crippen molar-refractivity contribution < 1.29 is 18.9 Å². The minimum absolute atomic E-state index is 0.179. The summed E-state index contributed by atoms with van der Waals surface area (Å²) >= 11 is 0. The van der Waals surface area contributed by atoms with Crippen molar-refractivity contribution in [2.24, 2.45) is 4.99 Å². The molecule has 0 aromatic rings. The molecule has 0 atom stereocenters. The number of hydrogen-bond donors (Lipinski definition) is 1. The van der Waals surface area contributed by atoms with Gasteiger partial charge in [0, 0.05) is 73.1 Å². The standard InChI is InChI=1S/C19H37N3O4/c1-4-20-18(21-16-19(24-3)8-14-25-15-9-19)22-10-6-17(7-11-22)26-13-5-12-23-2/h17H,4-16H2,1-3H3,(H,20,21). The third-order valence-corrected chi connectivity index (χ3v) is 5.28. The van der Waals surface area contributed by atoms with Gasteiger partial charge in [0.1, 0.15) is 0 Å². The summed E-state index contributed by atoms with van der Waals surface area (Å²) in [6, 6.07) is 0. The summed E-state index contributed by atoms with van der Waals surface area (Å²) in [5.41, 5.74) is -0.179. The number of likely N-dealkylation sites (tertiary alicyclic amines) is 1. The Morgan fingerprint density at radius 2 is 1.92 bits per heavy atom. The number of hydrogen-bond acceptors (Lipinski definition) is 5. The molecule has 0 unspecified atom stereocenters. The first kappa shape index (κ1) is 21.4. The smallest absolute Gasteiger partial charge is 0.194 e. The SMILES string of the molecule is CCNC(=NCC1(OC)CCOCC1)N1CCC(OCCCOC)CC1. The maximum absolute atomic E-state index is 5.96. The van der Waals surface area contributed by atoms with E-state index in [2.05, 4.69) is 17.1 Å². The van der Waals surface area contributed by atoms with Gasteiger partial charge in [-0.2, -0.15) is 0 Å². The van der Waals surface area contributed by atoms with Crippen molar-refractivity contribution in [1.82, 2.24) is 10.2 Å². The first-order valence-corrected chi connectivity index (χ1v) is 9.99. The van der Waals surface area contributed by atoms with E-state index in [1.165, 1.54) is 0 Å². The van der Waals surface area contributed by atoms with Crippen LogP contribution in [-0.4, -0.2) is 89.4 Å². The second kappa shape index (κ2) is 11.7. The van der Waals surface area contributed by atoms with Crippen molar-refractivity contribution in [3.8, 4) is 0 Å². The van der Waals surface area contributed by atoms with Crippen molar-refractivity contribution in [2.45, 2.75) is 50.7 Å². The molecule has 0 spiro atoms. The summed E-state index contributed by atoms with van der Waals surface area (Å²) < 4.78 is 22.3. The summed E-state index contributed by atoms with van der Waals surface area (Å²) in [5, 5.41) is 3.44. The van der Waals surface area contributed by atoms with Gasteiger partial charge in [-0.05, 0) is 26.2 Å². The quantitative estimate of drug-likeness (QED) is 0.378. The van der Waals surface area contributed by atoms with Gasteiger partial charge < -0.3 is 29.2 Å². The first-order valence-electron chi connectivity index (χ1n) is 9.99. The highest BCUT2D eigenvalue weighted by Gasteiger charge is 2.33. The maximum atomic E-state index is 5.96. The Bertz CT molecular complexity index is 406. The van der Waals surface area contributed by atoms with Crippen molar-refractivity contribution in [1.29, 1.82) is 0 Å². The number of nitrogens with one attached hydrogen (secondary N) is 1. The molecule has 2 heterocycles. The molecule has 2 aliphatic heterocycles. The molecule has 0 saturated carbocycles. The number of rotatable bonds is 9. The average molecular weight is 372 g/mol. The third kappa shape index (κ3) is 6.68. The molecule has 7 nitrogen and oxygen atoms in total. The van der Waals surface area contributed by atoms with E-state index in [1.807, 2.05) is 0 Å². The van der Waals surface area contributed by atoms with Crippen molar-refractivity contribution >= 4 is 5.96 Å². The predicted molar refractivity (Wildman–Crippen MR) is 103 cm³/mol. The van der Waals surface area contributed by atoms with Crippen LogP contribution in [0.1, 0.15) is 39.0 Å². The Morgan fingerprint density at radius 1 is 1.19 bits per heavy atom. The number of methoxy groups -OCH3 is 2. The molecule has 26 heavy (non-hydrogen) atoms. The van der Waals surface area contributed by atoms with E-state index < -0.39 is 0 Å². The lowest BCUT2D eigenvalue weighted by atomic mass is 9.94. The van der Waals surface area contributed by atoms with Crippen molar-refractivity contribution in [3.63, 3.8) is 0 Å². The minimum Gasteiger partial charge on any atom is -0.385 e. The van der Waals surface area contributed by atoms with E-state index in [0.717, 1.165) is 84.1 Å². The maximum Gasteiger partial charge on any atom is 0.194 e. The van der Waals surface area contributed by atoms with Crippen LogP contribution in [0.4, 0.5) is 0 Å². The summed E-state index contributed by atoms with van der Waals surface area (Å²) in [4.78, 5) is 7.26. The summed E-state index contributed by atoms with van der Waals surface area (Å²) in [7, 11) is 3.52. The van der Waals surface area contributed by atoms with Gasteiger partial charge in [-0.1, -0.05) is 0 Å². The molecular weight excluding hydrogens is 334 g/mol. The van der Waals surface area contributed by atoms with E-state index in [9.17, 15) is 0 Å². The molecule has 0 aromatic carbocycles. The second-order valence-corrected chi connectivity index (χ2v) is 7.07. The van der Waals surface area contributed by atoms with E-state index in [4.69, 9.17) is 23.9 Å². The monoisotopic (exact) mass is 371 g/mol. The fraction of sp³-hybridized carbons (Fsp3) is 0.947. The summed E-state index contributed by atoms with van der Waals surface area (Å²) in [6.07, 6.45) is 5.21. The summed E-state index contributed by atoms with van der Waals surface area (Å²) in [6.45, 7) is 8.68. The fourth-order valence-electron chi connectivity index (χ4n) is 3.50. The van der Waals surface area contributed by atoms with Crippen LogP contribution in [0.25, 0.3) is 0 Å². The Labute approximate surface area is 158 Å². The van der Waals surface area contributed by atoms with E-state index >= 15 is 0 Å². The molecule has 2 aliphatic rings. The van der Waals surface area contributed by atoms with Gasteiger partial charge in [0.2, 0.25) is 0 Å². The minimum atomic E-state index is -0.179. The molecular formula is C19H37N3O4. The zero-order valence-corrected chi connectivity index (χ0v) is 16.8. The van der Waals surface area contributed by atoms with Crippen molar-refractivity contribution in [2.75, 3.05) is 66.8 Å². The highest BCUT2D eigenvalue weighted by molar-refractivity contribution is 5.80. The van der Waals surface area contributed by atoms with Crippen LogP contribution >= 0.6 is 0 Å². The summed E-state index contributed by atoms with van der Waals surface area (Å²) in [5.74, 6) is 0.994. The van der Waals surface area contributed by atoms with Gasteiger partial charge in [-0.25, -0.2) is 0 Å². The van der Waals surface area contributed by atoms with Gasteiger partial charge in [0.25, 0.3) is 0 Å². The van der Waals surface area contributed by atoms with Crippen LogP contribution in [-0.2, 0) is 18.9 Å². The zero-order chi connectivity index (χ0) is 18.7. The first-order chi connectivity index (χ1) is 12.7. The molecule has 0 aromatic heterocycles. The molecule has 2 fully saturated rings. The number of aliphatic imine (C=N–C) groups is 1. The number of ether oxygens (including phenoxy) is 4. The third-order valence-electron chi connectivity index (χ3n) is 5.28. The van der Waals surface area contributed by atoms with E-state index in [-0.39, 0.29) is 5.60 Å². The van der Waals surface area contributed by atoms with E-state index in [1.54, 1.807) is 14.2 Å². The molecule has 7 heteroatoms. The molecule has 0 aliphatic carbocycles. The molecule has 152 valence electrons. The number of nitrogens with zero attached hydrogens (tertiary/aromatic N) is 2. The van der Waals surface area contributed by atoms with Crippen LogP contribution in [0.5, 0.6) is 0 Å². The van der Waals surface area contributed by atoms with Gasteiger partial charge in [0.05, 0.1) is 18.2 Å². The topological polar surface area (TPSA) is 64.6 Å². The van der Waals surface area contributed by atoms with Crippen LogP contribution in [0.15, 0.2) is 4.99 Å². The molecule has 0 radical (unpaired) electrons. The van der Waals surface area contributed by atoms with Gasteiger partial charge in [-0.3, -0.25) is 4.99 Å². The van der Waals surface area contributed by atoms with Crippen LogP contribution < -0.4 is 5.32 Å². The molecule has 2 rings (SSSR count). The number of piperidine rings is 1. The average Bonchev–Trinajstić information content (AvgIpc) is 2.70. The normalized spacial score (nSPS) is 21.8. The van der Waals surface area contributed by atoms with Crippen LogP contribution in [0, 0.1) is 0 Å². The van der Waals surface area contributed by atoms with Gasteiger partial charge in [-0.15, -0.1) is 0 Å². The largest absolute Gasteiger partial charge is 0.385 e. The van der Waals surface area contributed by atoms with Crippen molar-refractivity contribution in [3.05, 3.63) is 0 Å². The Morgan fingerprint density at radius 3 is 2.54 bits per heavy atom. The highest BCUT2D eigenvalue weighted by atomic mass is 16.5. The number of guanidine groups is 1. The van der Waals surface area contributed by atoms with Gasteiger partial charge in [0.15, 0.2) is 5.96 Å². The second-order valence-electron chi connectivity index (χ2n) is 7.07. The lowest BCUT2D eigenvalue weighted by molar-refractivity contribution is -0.0830. The predicted octanol–water partition coefficient (Wildman–Crippen LogP) is 1.67. The van der Waals surface area contributed by atoms with Crippen LogP contribution in [0.2, 0.25) is 0 Å². The highest BCUT2D eigenvalue weighted by Crippen LogP contribution is 2.25. The molecule has 0 bridgehead atoms. The zero-order valence-electron chi connectivity index (χ0n) is 16.8. The Balaban J connectivity index is 1.83. The van der Waals surface area contributed by atoms with E-state index in [0.29, 0.717) is 12.6 Å². The van der Waals surface area contributed by atoms with Crippen LogP contribution in [0.3, 0.4) is 0 Å².